The molecule has 0 amide bonds. The average molecular weight is 306 g/mol. The van der Waals surface area contributed by atoms with Crippen molar-refractivity contribution in [2.45, 2.75) is 19.4 Å². The van der Waals surface area contributed by atoms with Gasteiger partial charge in [0.25, 0.3) is 0 Å². The van der Waals surface area contributed by atoms with E-state index in [-0.39, 0.29) is 24.4 Å². The van der Waals surface area contributed by atoms with Gasteiger partial charge in [-0.3, -0.25) is 4.79 Å². The molecule has 0 aromatic heterocycles. The summed E-state index contributed by atoms with van der Waals surface area (Å²) >= 11 is 0. The zero-order valence-corrected chi connectivity index (χ0v) is 12.0. The predicted molar refractivity (Wildman–Crippen MR) is 80.1 cm³/mol. The van der Waals surface area contributed by atoms with Crippen molar-refractivity contribution in [2.75, 3.05) is 0 Å². The molecule has 0 fully saturated rings. The summed E-state index contributed by atoms with van der Waals surface area (Å²) in [5.74, 6) is -2.54. The Labute approximate surface area is 128 Å². The predicted octanol–water partition coefficient (Wildman–Crippen LogP) is 2.41. The summed E-state index contributed by atoms with van der Waals surface area (Å²) in [4.78, 5) is 30.6. The molecule has 0 aliphatic heterocycles. The Hall–Kier alpha value is -2.89. The monoisotopic (exact) mass is 306 g/mol. The standard InChI is InChI=1S/C10H10O2.C6H8O4/c1-2-10(11)12-8-9-6-4-3-5-7-9;1-4(6(9)10)2-3-5(7)8/h2-7H,1,8H2;1-3H2,(H,7,8)(H,9,10). The molecule has 6 nitrogen and oxygen atoms in total. The second-order valence-electron chi connectivity index (χ2n) is 4.10. The lowest BCUT2D eigenvalue weighted by atomic mass is 10.2. The van der Waals surface area contributed by atoms with Crippen molar-refractivity contribution in [3.05, 3.63) is 60.7 Å². The number of carboxylic acid groups (broad SMARTS) is 2. The highest BCUT2D eigenvalue weighted by Crippen LogP contribution is 2.01. The fourth-order valence-corrected chi connectivity index (χ4v) is 1.15. The first-order valence-corrected chi connectivity index (χ1v) is 6.32. The Morgan fingerprint density at radius 3 is 2.14 bits per heavy atom. The lowest BCUT2D eigenvalue weighted by molar-refractivity contribution is -0.139. The molecule has 0 saturated heterocycles. The van der Waals surface area contributed by atoms with Crippen LogP contribution in [0, 0.1) is 0 Å². The van der Waals surface area contributed by atoms with Gasteiger partial charge in [-0.2, -0.15) is 0 Å². The molecule has 1 aromatic carbocycles. The van der Waals surface area contributed by atoms with E-state index in [9.17, 15) is 14.4 Å². The molecule has 118 valence electrons. The van der Waals surface area contributed by atoms with Crippen molar-refractivity contribution < 1.29 is 29.3 Å². The molecule has 0 spiro atoms. The van der Waals surface area contributed by atoms with Crippen LogP contribution in [0.15, 0.2) is 55.1 Å². The average Bonchev–Trinajstić information content (AvgIpc) is 2.51. The van der Waals surface area contributed by atoms with Crippen molar-refractivity contribution in [3.8, 4) is 0 Å². The van der Waals surface area contributed by atoms with Crippen LogP contribution in [-0.2, 0) is 25.7 Å². The number of hydrogen-bond donors (Lipinski definition) is 2. The van der Waals surface area contributed by atoms with E-state index in [1.165, 1.54) is 0 Å². The minimum absolute atomic E-state index is 0.00463. The molecule has 2 N–H and O–H groups in total. The van der Waals surface area contributed by atoms with Gasteiger partial charge in [-0.25, -0.2) is 9.59 Å². The molecule has 6 heteroatoms. The van der Waals surface area contributed by atoms with Crippen LogP contribution in [-0.4, -0.2) is 28.1 Å². The highest BCUT2D eigenvalue weighted by atomic mass is 16.5. The van der Waals surface area contributed by atoms with E-state index in [0.29, 0.717) is 6.61 Å². The number of benzene rings is 1. The van der Waals surface area contributed by atoms with E-state index in [4.69, 9.17) is 14.9 Å². The molecule has 0 radical (unpaired) electrons. The molecular weight excluding hydrogens is 288 g/mol. The third kappa shape index (κ3) is 9.96. The van der Waals surface area contributed by atoms with Gasteiger partial charge in [0.2, 0.25) is 0 Å². The smallest absolute Gasteiger partial charge is 0.330 e. The van der Waals surface area contributed by atoms with Gasteiger partial charge < -0.3 is 14.9 Å². The number of rotatable bonds is 7. The second kappa shape index (κ2) is 10.8. The van der Waals surface area contributed by atoms with E-state index >= 15 is 0 Å². The van der Waals surface area contributed by atoms with Crippen molar-refractivity contribution in [1.82, 2.24) is 0 Å². The highest BCUT2D eigenvalue weighted by molar-refractivity contribution is 5.86. The Bertz CT molecular complexity index is 533. The summed E-state index contributed by atoms with van der Waals surface area (Å²) in [6.07, 6.45) is 0.985. The molecule has 0 aliphatic carbocycles. The van der Waals surface area contributed by atoms with Gasteiger partial charge in [0, 0.05) is 18.1 Å². The summed E-state index contributed by atoms with van der Waals surface area (Å²) in [5, 5.41) is 16.3. The van der Waals surface area contributed by atoms with Crippen LogP contribution < -0.4 is 0 Å². The van der Waals surface area contributed by atoms with Gasteiger partial charge in [-0.05, 0) is 12.0 Å². The first-order valence-electron chi connectivity index (χ1n) is 6.32. The number of ether oxygens (including phenoxy) is 1. The van der Waals surface area contributed by atoms with Crippen LogP contribution in [0.4, 0.5) is 0 Å². The van der Waals surface area contributed by atoms with Gasteiger partial charge in [0.1, 0.15) is 6.61 Å². The Kier molecular flexibility index (Phi) is 9.42. The van der Waals surface area contributed by atoms with E-state index in [1.807, 2.05) is 30.3 Å². The fourth-order valence-electron chi connectivity index (χ4n) is 1.15. The molecule has 1 rings (SSSR count). The SMILES string of the molecule is C=C(CCC(=O)O)C(=O)O.C=CC(=O)OCc1ccccc1. The van der Waals surface area contributed by atoms with Crippen LogP contribution in [0.1, 0.15) is 18.4 Å². The molecule has 0 atom stereocenters. The van der Waals surface area contributed by atoms with E-state index in [2.05, 4.69) is 13.2 Å². The Morgan fingerprint density at radius 2 is 1.68 bits per heavy atom. The van der Waals surface area contributed by atoms with Crippen molar-refractivity contribution >= 4 is 17.9 Å². The molecule has 0 heterocycles. The lowest BCUT2D eigenvalue weighted by Crippen LogP contribution is -2.02. The maximum atomic E-state index is 10.6. The first-order chi connectivity index (χ1) is 10.4. The van der Waals surface area contributed by atoms with Crippen molar-refractivity contribution in [3.63, 3.8) is 0 Å². The highest BCUT2D eigenvalue weighted by Gasteiger charge is 2.05. The molecule has 1 aromatic rings. The molecule has 0 saturated carbocycles. The first kappa shape index (κ1) is 19.1. The van der Waals surface area contributed by atoms with Gasteiger partial charge in [-0.1, -0.05) is 43.5 Å². The van der Waals surface area contributed by atoms with Crippen molar-refractivity contribution in [2.24, 2.45) is 0 Å². The second-order valence-corrected chi connectivity index (χ2v) is 4.10. The summed E-state index contributed by atoms with van der Waals surface area (Å²) in [5.41, 5.74) is 0.912. The Morgan fingerprint density at radius 1 is 1.09 bits per heavy atom. The summed E-state index contributed by atoms with van der Waals surface area (Å²) in [7, 11) is 0. The zero-order valence-electron chi connectivity index (χ0n) is 12.0. The quantitative estimate of drug-likeness (QED) is 0.592. The number of carbonyl (C=O) groups excluding carboxylic acids is 1. The molecule has 0 unspecified atom stereocenters. The summed E-state index contributed by atoms with van der Waals surface area (Å²) in [6.45, 7) is 6.77. The van der Waals surface area contributed by atoms with E-state index < -0.39 is 11.9 Å². The number of esters is 1. The van der Waals surface area contributed by atoms with Gasteiger partial charge in [0.05, 0.1) is 0 Å². The largest absolute Gasteiger partial charge is 0.481 e. The van der Waals surface area contributed by atoms with Crippen LogP contribution >= 0.6 is 0 Å². The minimum atomic E-state index is -1.14. The third-order valence-corrected chi connectivity index (χ3v) is 2.33. The summed E-state index contributed by atoms with van der Waals surface area (Å²) < 4.78 is 4.82. The number of aliphatic carboxylic acids is 2. The molecule has 0 aliphatic rings. The van der Waals surface area contributed by atoms with Gasteiger partial charge in [0.15, 0.2) is 0 Å². The van der Waals surface area contributed by atoms with E-state index in [0.717, 1.165) is 11.6 Å². The maximum absolute atomic E-state index is 10.6. The Balaban J connectivity index is 0.000000409. The molecular formula is C16H18O6. The molecule has 22 heavy (non-hydrogen) atoms. The van der Waals surface area contributed by atoms with Crippen molar-refractivity contribution in [1.29, 1.82) is 0 Å². The van der Waals surface area contributed by atoms with Gasteiger partial charge >= 0.3 is 17.9 Å². The van der Waals surface area contributed by atoms with Crippen LogP contribution in [0.2, 0.25) is 0 Å². The lowest BCUT2D eigenvalue weighted by Gasteiger charge is -2.00. The third-order valence-electron chi connectivity index (χ3n) is 2.33. The number of carboxylic acids is 2. The minimum Gasteiger partial charge on any atom is -0.481 e. The topological polar surface area (TPSA) is 101 Å². The van der Waals surface area contributed by atoms with Crippen LogP contribution in [0.3, 0.4) is 0 Å². The van der Waals surface area contributed by atoms with Crippen LogP contribution in [0.25, 0.3) is 0 Å². The number of carbonyl (C=O) groups is 3. The van der Waals surface area contributed by atoms with Crippen LogP contribution in [0.5, 0.6) is 0 Å². The zero-order chi connectivity index (χ0) is 17.0. The summed E-state index contributed by atoms with van der Waals surface area (Å²) in [6, 6.07) is 9.51. The fraction of sp³-hybridized carbons (Fsp3) is 0.188. The maximum Gasteiger partial charge on any atom is 0.330 e. The molecule has 0 bridgehead atoms. The van der Waals surface area contributed by atoms with E-state index in [1.54, 1.807) is 0 Å². The normalized spacial score (nSPS) is 8.91. The number of hydrogen-bond acceptors (Lipinski definition) is 4. The van der Waals surface area contributed by atoms with Gasteiger partial charge in [-0.15, -0.1) is 0 Å².